The van der Waals surface area contributed by atoms with E-state index in [4.69, 9.17) is 42.0 Å². The maximum absolute atomic E-state index is 12.8. The number of pyridine rings is 1. The summed E-state index contributed by atoms with van der Waals surface area (Å²) in [6, 6.07) is 9.01. The number of hydrogen-bond donors (Lipinski definition) is 2. The second-order valence-corrected chi connectivity index (χ2v) is 12.9. The smallest absolute Gasteiger partial charge is 0.407 e. The van der Waals surface area contributed by atoms with Gasteiger partial charge in [0, 0.05) is 40.3 Å². The Hall–Kier alpha value is -2.07. The van der Waals surface area contributed by atoms with Crippen molar-refractivity contribution in [1.29, 1.82) is 0 Å². The van der Waals surface area contributed by atoms with Gasteiger partial charge in [0.1, 0.15) is 10.9 Å². The Balaban J connectivity index is 1.81. The van der Waals surface area contributed by atoms with E-state index in [1.54, 1.807) is 32.3 Å². The Morgan fingerprint density at radius 1 is 1.10 bits per heavy atom. The standard InChI is InChI=1S/C26H33Cl2N4O5PS/c1-5-35-38(34,36-6-2)12-11-30-26(33)37-22(13-18-7-9-29-10-8-18)24-31-23(17(3)4)25(32-24)39-21-15-19(27)14-20(28)16-21/h7-10,14-17,22H,5-6,11-13H2,1-4H3,(H,30,33)(H,31,32). The maximum Gasteiger partial charge on any atom is 0.407 e. The van der Waals surface area contributed by atoms with Gasteiger partial charge in [-0.05, 0) is 55.7 Å². The summed E-state index contributed by atoms with van der Waals surface area (Å²) in [5, 5.41) is 4.45. The molecule has 212 valence electrons. The van der Waals surface area contributed by atoms with Gasteiger partial charge < -0.3 is 24.1 Å². The fourth-order valence-corrected chi connectivity index (χ4v) is 6.96. The van der Waals surface area contributed by atoms with E-state index in [1.807, 2.05) is 38.1 Å². The normalized spacial score (nSPS) is 12.5. The maximum atomic E-state index is 12.8. The Labute approximate surface area is 243 Å². The molecule has 2 heterocycles. The number of nitrogens with zero attached hydrogens (tertiary/aromatic N) is 2. The minimum atomic E-state index is -3.29. The van der Waals surface area contributed by atoms with E-state index >= 15 is 0 Å². The first-order valence-electron chi connectivity index (χ1n) is 12.6. The molecular weight excluding hydrogens is 582 g/mol. The van der Waals surface area contributed by atoms with Gasteiger partial charge in [0.05, 0.1) is 25.1 Å². The SMILES string of the molecule is CCOP(=O)(CCNC(=O)OC(Cc1ccncc1)c1nc(Sc2cc(Cl)cc(Cl)c2)c(C(C)C)[nH]1)OCC. The second kappa shape index (κ2) is 15.1. The monoisotopic (exact) mass is 614 g/mol. The molecule has 3 rings (SSSR count). The van der Waals surface area contributed by atoms with Gasteiger partial charge in [-0.25, -0.2) is 9.78 Å². The third-order valence-corrected chi connectivity index (χ3v) is 8.86. The van der Waals surface area contributed by atoms with Crippen molar-refractivity contribution in [2.75, 3.05) is 25.9 Å². The largest absolute Gasteiger partial charge is 0.438 e. The summed E-state index contributed by atoms with van der Waals surface area (Å²) in [4.78, 5) is 25.9. The first kappa shape index (κ1) is 31.5. The number of carbonyl (C=O) groups excluding carboxylic acids is 1. The lowest BCUT2D eigenvalue weighted by Crippen LogP contribution is -2.30. The Bertz CT molecular complexity index is 1250. The van der Waals surface area contributed by atoms with Crippen molar-refractivity contribution in [3.63, 3.8) is 0 Å². The zero-order valence-electron chi connectivity index (χ0n) is 22.3. The quantitative estimate of drug-likeness (QED) is 0.178. The average molecular weight is 616 g/mol. The van der Waals surface area contributed by atoms with Crippen molar-refractivity contribution in [2.45, 2.75) is 56.1 Å². The number of aromatic amines is 1. The van der Waals surface area contributed by atoms with Crippen molar-refractivity contribution >= 4 is 48.7 Å². The molecule has 1 aromatic carbocycles. The van der Waals surface area contributed by atoms with Crippen molar-refractivity contribution in [1.82, 2.24) is 20.3 Å². The lowest BCUT2D eigenvalue weighted by atomic mass is 10.1. The van der Waals surface area contributed by atoms with Gasteiger partial charge in [-0.3, -0.25) is 9.55 Å². The van der Waals surface area contributed by atoms with Crippen LogP contribution in [0.3, 0.4) is 0 Å². The average Bonchev–Trinajstić information content (AvgIpc) is 3.28. The number of aromatic nitrogens is 3. The van der Waals surface area contributed by atoms with Crippen LogP contribution in [-0.4, -0.2) is 47.0 Å². The predicted molar refractivity (Wildman–Crippen MR) is 154 cm³/mol. The molecule has 0 saturated carbocycles. The van der Waals surface area contributed by atoms with E-state index in [2.05, 4.69) is 15.3 Å². The zero-order chi connectivity index (χ0) is 28.4. The number of imidazole rings is 1. The highest BCUT2D eigenvalue weighted by Gasteiger charge is 2.26. The van der Waals surface area contributed by atoms with Gasteiger partial charge in [-0.2, -0.15) is 0 Å². The molecule has 2 N–H and O–H groups in total. The number of halogens is 2. The van der Waals surface area contributed by atoms with E-state index < -0.39 is 19.8 Å². The first-order chi connectivity index (χ1) is 18.6. The van der Waals surface area contributed by atoms with Crippen LogP contribution in [0.2, 0.25) is 10.0 Å². The fourth-order valence-electron chi connectivity index (χ4n) is 3.66. The summed E-state index contributed by atoms with van der Waals surface area (Å²) in [5.41, 5.74) is 1.81. The van der Waals surface area contributed by atoms with Crippen LogP contribution in [0.4, 0.5) is 4.79 Å². The summed E-state index contributed by atoms with van der Waals surface area (Å²) in [5.74, 6) is 0.612. The fraction of sp³-hybridized carbons (Fsp3) is 0.423. The van der Waals surface area contributed by atoms with Crippen LogP contribution in [0.15, 0.2) is 52.6 Å². The summed E-state index contributed by atoms with van der Waals surface area (Å²) < 4.78 is 29.1. The summed E-state index contributed by atoms with van der Waals surface area (Å²) >= 11 is 13.8. The van der Waals surface area contributed by atoms with Crippen LogP contribution in [0, 0.1) is 0 Å². The van der Waals surface area contributed by atoms with Gasteiger partial charge in [0.25, 0.3) is 0 Å². The van der Waals surface area contributed by atoms with Gasteiger partial charge in [-0.15, -0.1) is 0 Å². The van der Waals surface area contributed by atoms with Gasteiger partial charge >= 0.3 is 13.7 Å². The van der Waals surface area contributed by atoms with Crippen molar-refractivity contribution in [3.8, 4) is 0 Å². The molecule has 0 saturated heterocycles. The van der Waals surface area contributed by atoms with E-state index in [-0.39, 0.29) is 31.8 Å². The van der Waals surface area contributed by atoms with E-state index in [1.165, 1.54) is 11.8 Å². The molecule has 0 spiro atoms. The Morgan fingerprint density at radius 2 is 1.74 bits per heavy atom. The van der Waals surface area contributed by atoms with Crippen LogP contribution in [-0.2, 0) is 24.8 Å². The number of nitrogens with one attached hydrogen (secondary N) is 2. The zero-order valence-corrected chi connectivity index (χ0v) is 25.5. The third-order valence-electron chi connectivity index (χ3n) is 5.37. The van der Waals surface area contributed by atoms with Crippen LogP contribution < -0.4 is 5.32 Å². The van der Waals surface area contributed by atoms with Crippen LogP contribution in [0.5, 0.6) is 0 Å². The first-order valence-corrected chi connectivity index (χ1v) is 15.9. The predicted octanol–water partition coefficient (Wildman–Crippen LogP) is 7.66. The van der Waals surface area contributed by atoms with E-state index in [0.717, 1.165) is 21.2 Å². The molecule has 1 atom stereocenters. The number of ether oxygens (including phenoxy) is 1. The minimum absolute atomic E-state index is 0.0278. The highest BCUT2D eigenvalue weighted by Crippen LogP contribution is 2.47. The lowest BCUT2D eigenvalue weighted by molar-refractivity contribution is 0.0933. The molecule has 0 fully saturated rings. The molecule has 0 radical (unpaired) electrons. The highest BCUT2D eigenvalue weighted by molar-refractivity contribution is 7.99. The van der Waals surface area contributed by atoms with Gasteiger partial charge in [0.2, 0.25) is 0 Å². The van der Waals surface area contributed by atoms with Gasteiger partial charge in [-0.1, -0.05) is 48.8 Å². The van der Waals surface area contributed by atoms with Crippen molar-refractivity contribution in [3.05, 3.63) is 69.9 Å². The number of carbonyl (C=O) groups is 1. The van der Waals surface area contributed by atoms with E-state index in [9.17, 15) is 9.36 Å². The van der Waals surface area contributed by atoms with Crippen LogP contribution in [0.25, 0.3) is 0 Å². The number of benzene rings is 1. The molecule has 0 aliphatic rings. The molecule has 2 aromatic heterocycles. The Kier molecular flexibility index (Phi) is 12.2. The number of rotatable bonds is 14. The molecule has 3 aromatic rings. The molecular formula is C26H33Cl2N4O5PS. The van der Waals surface area contributed by atoms with Crippen molar-refractivity contribution in [2.24, 2.45) is 0 Å². The summed E-state index contributed by atoms with van der Waals surface area (Å²) in [6.07, 6.45) is 2.35. The number of alkyl carbamates (subject to hydrolysis) is 1. The van der Waals surface area contributed by atoms with Crippen LogP contribution in [0.1, 0.15) is 56.8 Å². The molecule has 1 amide bonds. The number of H-pyrrole nitrogens is 1. The summed E-state index contributed by atoms with van der Waals surface area (Å²) in [7, 11) is -3.29. The highest BCUT2D eigenvalue weighted by atomic mass is 35.5. The van der Waals surface area contributed by atoms with Crippen molar-refractivity contribution < 1.29 is 23.1 Å². The molecule has 13 heteroatoms. The third kappa shape index (κ3) is 9.81. The second-order valence-electron chi connectivity index (χ2n) is 8.75. The minimum Gasteiger partial charge on any atom is -0.438 e. The molecule has 0 bridgehead atoms. The molecule has 9 nitrogen and oxygen atoms in total. The summed E-state index contributed by atoms with van der Waals surface area (Å²) in [6.45, 7) is 8.12. The molecule has 1 unspecified atom stereocenters. The van der Waals surface area contributed by atoms with E-state index in [0.29, 0.717) is 22.3 Å². The molecule has 0 aliphatic heterocycles. The molecule has 0 aliphatic carbocycles. The Morgan fingerprint density at radius 3 is 2.33 bits per heavy atom. The topological polar surface area (TPSA) is 115 Å². The van der Waals surface area contributed by atoms with Crippen LogP contribution >= 0.6 is 42.6 Å². The number of hydrogen-bond acceptors (Lipinski definition) is 8. The van der Waals surface area contributed by atoms with Gasteiger partial charge in [0.15, 0.2) is 6.10 Å². The number of amides is 1. The molecule has 39 heavy (non-hydrogen) atoms. The lowest BCUT2D eigenvalue weighted by Gasteiger charge is -2.19.